The van der Waals surface area contributed by atoms with Crippen molar-refractivity contribution in [3.8, 4) is 0 Å². The first-order valence-corrected chi connectivity index (χ1v) is 8.54. The zero-order chi connectivity index (χ0) is 13.4. The van der Waals surface area contributed by atoms with Gasteiger partial charge in [0.25, 0.3) is 0 Å². The molecule has 3 nitrogen and oxygen atoms in total. The van der Waals surface area contributed by atoms with Gasteiger partial charge in [0.15, 0.2) is 0 Å². The quantitative estimate of drug-likeness (QED) is 0.713. The van der Waals surface area contributed by atoms with E-state index in [0.29, 0.717) is 6.04 Å². The smallest absolute Gasteiger partial charge is 0.320 e. The van der Waals surface area contributed by atoms with Crippen LogP contribution in [-0.4, -0.2) is 35.2 Å². The van der Waals surface area contributed by atoms with Crippen molar-refractivity contribution in [3.63, 3.8) is 0 Å². The lowest BCUT2D eigenvalue weighted by atomic mass is 9.86. The van der Waals surface area contributed by atoms with Gasteiger partial charge in [0.2, 0.25) is 0 Å². The summed E-state index contributed by atoms with van der Waals surface area (Å²) in [5.41, 5.74) is 0. The van der Waals surface area contributed by atoms with Crippen LogP contribution in [0.2, 0.25) is 0 Å². The summed E-state index contributed by atoms with van der Waals surface area (Å²) in [6.07, 6.45) is 9.75. The number of carboxylic acids is 1. The third kappa shape index (κ3) is 5.61. The predicted octanol–water partition coefficient (Wildman–Crippen LogP) is 3.14. The number of hydrogen-bond donors (Lipinski definition) is 2. The van der Waals surface area contributed by atoms with Crippen LogP contribution in [-0.2, 0) is 4.79 Å². The Morgan fingerprint density at radius 2 is 2.06 bits per heavy atom. The molecule has 1 rings (SSSR count). The van der Waals surface area contributed by atoms with Crippen molar-refractivity contribution in [3.05, 3.63) is 0 Å². The average molecular weight is 273 g/mol. The lowest BCUT2D eigenvalue weighted by molar-refractivity contribution is -0.140. The minimum absolute atomic E-state index is 0.341. The molecule has 0 aromatic rings. The second-order valence-electron chi connectivity index (χ2n) is 5.37. The monoisotopic (exact) mass is 273 g/mol. The second kappa shape index (κ2) is 8.81. The maximum Gasteiger partial charge on any atom is 0.320 e. The topological polar surface area (TPSA) is 49.3 Å². The van der Waals surface area contributed by atoms with Gasteiger partial charge in [0.05, 0.1) is 0 Å². The highest BCUT2D eigenvalue weighted by Gasteiger charge is 2.25. The Kier molecular flexibility index (Phi) is 7.75. The summed E-state index contributed by atoms with van der Waals surface area (Å²) >= 11 is 1.92. The van der Waals surface area contributed by atoms with Crippen molar-refractivity contribution in [2.24, 2.45) is 5.92 Å². The first kappa shape index (κ1) is 15.8. The molecule has 0 heterocycles. The Labute approximate surface area is 115 Å². The predicted molar refractivity (Wildman–Crippen MR) is 78.2 cm³/mol. The molecule has 0 saturated heterocycles. The summed E-state index contributed by atoms with van der Waals surface area (Å²) in [4.78, 5) is 11.2. The van der Waals surface area contributed by atoms with Gasteiger partial charge in [-0.3, -0.25) is 4.79 Å². The molecule has 0 spiro atoms. The third-order valence-electron chi connectivity index (χ3n) is 3.83. The number of nitrogens with one attached hydrogen (secondary N) is 1. The molecule has 106 valence electrons. The van der Waals surface area contributed by atoms with Crippen LogP contribution in [0.3, 0.4) is 0 Å². The van der Waals surface area contributed by atoms with E-state index in [9.17, 15) is 9.90 Å². The molecule has 1 fully saturated rings. The average Bonchev–Trinajstić information content (AvgIpc) is 2.36. The molecule has 1 saturated carbocycles. The van der Waals surface area contributed by atoms with Crippen molar-refractivity contribution >= 4 is 17.7 Å². The number of carboxylic acid groups (broad SMARTS) is 1. The van der Waals surface area contributed by atoms with Crippen LogP contribution < -0.4 is 5.32 Å². The van der Waals surface area contributed by atoms with Crippen molar-refractivity contribution in [2.45, 2.75) is 64.0 Å². The maximum absolute atomic E-state index is 11.2. The van der Waals surface area contributed by atoms with Crippen molar-refractivity contribution in [2.75, 3.05) is 12.0 Å². The van der Waals surface area contributed by atoms with Gasteiger partial charge in [-0.1, -0.05) is 19.8 Å². The normalized spacial score (nSPS) is 25.9. The highest BCUT2D eigenvalue weighted by atomic mass is 32.2. The van der Waals surface area contributed by atoms with Gasteiger partial charge in [-0.05, 0) is 50.0 Å². The van der Waals surface area contributed by atoms with Crippen LogP contribution >= 0.6 is 11.8 Å². The molecule has 0 radical (unpaired) electrons. The summed E-state index contributed by atoms with van der Waals surface area (Å²) in [5, 5.41) is 12.5. The molecule has 0 aromatic carbocycles. The van der Waals surface area contributed by atoms with Gasteiger partial charge in [-0.2, -0.15) is 11.8 Å². The Balaban J connectivity index is 2.30. The highest BCUT2D eigenvalue weighted by molar-refractivity contribution is 7.98. The van der Waals surface area contributed by atoms with E-state index in [0.717, 1.165) is 38.0 Å². The fourth-order valence-electron chi connectivity index (χ4n) is 2.70. The SMILES string of the molecule is CCCCC(NC1CCC(CSC)CC1)C(=O)O. The maximum atomic E-state index is 11.2. The Morgan fingerprint density at radius 3 is 2.56 bits per heavy atom. The number of hydrogen-bond acceptors (Lipinski definition) is 3. The Hall–Kier alpha value is -0.220. The van der Waals surface area contributed by atoms with Crippen LogP contribution in [0.5, 0.6) is 0 Å². The molecule has 1 aliphatic rings. The summed E-state index contributed by atoms with van der Waals surface area (Å²) in [7, 11) is 0. The number of carbonyl (C=O) groups is 1. The van der Waals surface area contributed by atoms with Crippen LogP contribution in [0.4, 0.5) is 0 Å². The molecule has 1 unspecified atom stereocenters. The van der Waals surface area contributed by atoms with Gasteiger partial charge in [-0.15, -0.1) is 0 Å². The van der Waals surface area contributed by atoms with E-state index in [4.69, 9.17) is 0 Å². The van der Waals surface area contributed by atoms with Gasteiger partial charge >= 0.3 is 5.97 Å². The Morgan fingerprint density at radius 1 is 1.39 bits per heavy atom. The van der Waals surface area contributed by atoms with E-state index in [1.54, 1.807) is 0 Å². The largest absolute Gasteiger partial charge is 0.480 e. The number of unbranched alkanes of at least 4 members (excludes halogenated alkanes) is 1. The first-order chi connectivity index (χ1) is 8.67. The molecular formula is C14H27NO2S. The second-order valence-corrected chi connectivity index (χ2v) is 6.28. The number of rotatable bonds is 8. The molecule has 1 aliphatic carbocycles. The van der Waals surface area contributed by atoms with Crippen molar-refractivity contribution < 1.29 is 9.90 Å². The van der Waals surface area contributed by atoms with Crippen LogP contribution in [0.1, 0.15) is 51.9 Å². The molecule has 4 heteroatoms. The van der Waals surface area contributed by atoms with Gasteiger partial charge in [-0.25, -0.2) is 0 Å². The van der Waals surface area contributed by atoms with Crippen molar-refractivity contribution in [1.82, 2.24) is 5.32 Å². The zero-order valence-corrected chi connectivity index (χ0v) is 12.5. The number of thioether (sulfide) groups is 1. The van der Waals surface area contributed by atoms with Gasteiger partial charge < -0.3 is 10.4 Å². The zero-order valence-electron chi connectivity index (χ0n) is 11.7. The summed E-state index contributed by atoms with van der Waals surface area (Å²) in [6, 6.07) is 0.0770. The standard InChI is InChI=1S/C14H27NO2S/c1-3-4-5-13(14(16)17)15-12-8-6-11(7-9-12)10-18-2/h11-13,15H,3-10H2,1-2H3,(H,16,17). The molecule has 18 heavy (non-hydrogen) atoms. The first-order valence-electron chi connectivity index (χ1n) is 7.15. The minimum atomic E-state index is -0.685. The van der Waals surface area contributed by atoms with E-state index in [2.05, 4.69) is 18.5 Å². The van der Waals surface area contributed by atoms with E-state index >= 15 is 0 Å². The van der Waals surface area contributed by atoms with Crippen LogP contribution in [0.15, 0.2) is 0 Å². The minimum Gasteiger partial charge on any atom is -0.480 e. The summed E-state index contributed by atoms with van der Waals surface area (Å²) in [6.45, 7) is 2.10. The number of aliphatic carboxylic acids is 1. The molecule has 0 aromatic heterocycles. The van der Waals surface area contributed by atoms with Crippen molar-refractivity contribution in [1.29, 1.82) is 0 Å². The third-order valence-corrected chi connectivity index (χ3v) is 4.64. The fourth-order valence-corrected chi connectivity index (χ4v) is 3.51. The van der Waals surface area contributed by atoms with Crippen LogP contribution in [0.25, 0.3) is 0 Å². The lowest BCUT2D eigenvalue weighted by Crippen LogP contribution is -2.45. The fraction of sp³-hybridized carbons (Fsp3) is 0.929. The molecule has 1 atom stereocenters. The molecular weight excluding hydrogens is 246 g/mol. The van der Waals surface area contributed by atoms with Crippen LogP contribution in [0, 0.1) is 5.92 Å². The highest BCUT2D eigenvalue weighted by Crippen LogP contribution is 2.27. The van der Waals surface area contributed by atoms with E-state index < -0.39 is 5.97 Å². The van der Waals surface area contributed by atoms with Gasteiger partial charge in [0, 0.05) is 6.04 Å². The molecule has 0 aliphatic heterocycles. The van der Waals surface area contributed by atoms with E-state index in [1.807, 2.05) is 11.8 Å². The van der Waals surface area contributed by atoms with E-state index in [1.165, 1.54) is 18.6 Å². The Bertz CT molecular complexity index is 240. The molecule has 0 bridgehead atoms. The molecule has 0 amide bonds. The van der Waals surface area contributed by atoms with E-state index in [-0.39, 0.29) is 6.04 Å². The lowest BCUT2D eigenvalue weighted by Gasteiger charge is -2.30. The summed E-state index contributed by atoms with van der Waals surface area (Å²) in [5.74, 6) is 1.41. The van der Waals surface area contributed by atoms with Gasteiger partial charge in [0.1, 0.15) is 6.04 Å². The molecule has 2 N–H and O–H groups in total. The summed E-state index contributed by atoms with van der Waals surface area (Å²) < 4.78 is 0.